The van der Waals surface area contributed by atoms with Crippen LogP contribution in [-0.2, 0) is 0 Å². The highest BCUT2D eigenvalue weighted by Gasteiger charge is 2.13. The summed E-state index contributed by atoms with van der Waals surface area (Å²) in [6.45, 7) is 3.82. The Labute approximate surface area is 103 Å². The molecule has 0 unspecified atom stereocenters. The summed E-state index contributed by atoms with van der Waals surface area (Å²) in [5, 5.41) is 6.54. The van der Waals surface area contributed by atoms with Crippen molar-refractivity contribution in [1.82, 2.24) is 19.7 Å². The molecule has 0 aromatic carbocycles. The van der Waals surface area contributed by atoms with Gasteiger partial charge in [-0.05, 0) is 19.9 Å². The van der Waals surface area contributed by atoms with E-state index in [2.05, 4.69) is 20.4 Å². The smallest absolute Gasteiger partial charge is 0.259 e. The first kappa shape index (κ1) is 12.2. The summed E-state index contributed by atoms with van der Waals surface area (Å²) in [6.07, 6.45) is 3.67. The molecule has 1 N–H and O–H groups in total. The van der Waals surface area contributed by atoms with E-state index in [9.17, 15) is 9.18 Å². The van der Waals surface area contributed by atoms with Gasteiger partial charge in [0.1, 0.15) is 12.1 Å². The molecule has 0 spiro atoms. The second-order valence-electron chi connectivity index (χ2n) is 3.97. The van der Waals surface area contributed by atoms with Crippen LogP contribution in [-0.4, -0.2) is 25.7 Å². The quantitative estimate of drug-likeness (QED) is 0.897. The molecule has 0 atom stereocenters. The zero-order valence-electron chi connectivity index (χ0n) is 9.96. The van der Waals surface area contributed by atoms with Crippen molar-refractivity contribution in [1.29, 1.82) is 0 Å². The highest BCUT2D eigenvalue weighted by molar-refractivity contribution is 6.03. The molecule has 0 bridgehead atoms. The summed E-state index contributed by atoms with van der Waals surface area (Å²) in [7, 11) is 0. The van der Waals surface area contributed by atoms with Crippen LogP contribution >= 0.6 is 0 Å². The minimum Gasteiger partial charge on any atom is -0.291 e. The third-order valence-corrected chi connectivity index (χ3v) is 2.25. The Morgan fingerprint density at radius 3 is 2.89 bits per heavy atom. The number of amides is 1. The maximum absolute atomic E-state index is 12.9. The second kappa shape index (κ2) is 4.91. The number of aromatic nitrogens is 4. The summed E-state index contributed by atoms with van der Waals surface area (Å²) in [5.41, 5.74) is 0.133. The molecule has 2 rings (SSSR count). The van der Waals surface area contributed by atoms with Crippen molar-refractivity contribution in [2.24, 2.45) is 0 Å². The van der Waals surface area contributed by atoms with Gasteiger partial charge in [0.05, 0.1) is 17.8 Å². The van der Waals surface area contributed by atoms with Gasteiger partial charge in [0.25, 0.3) is 5.91 Å². The van der Waals surface area contributed by atoms with Crippen LogP contribution in [0, 0.1) is 5.82 Å². The summed E-state index contributed by atoms with van der Waals surface area (Å²) in [5.74, 6) is -0.718. The molecule has 0 saturated carbocycles. The number of hydrogen-bond donors (Lipinski definition) is 1. The van der Waals surface area contributed by atoms with Crippen LogP contribution in [0.3, 0.4) is 0 Å². The highest BCUT2D eigenvalue weighted by atomic mass is 19.1. The van der Waals surface area contributed by atoms with Gasteiger partial charge in [-0.15, -0.1) is 0 Å². The Hall–Kier alpha value is -2.31. The van der Waals surface area contributed by atoms with Crippen LogP contribution in [0.15, 0.2) is 24.8 Å². The second-order valence-corrected chi connectivity index (χ2v) is 3.97. The molecule has 0 aliphatic carbocycles. The standard InChI is InChI=1S/C11H12FN5O/c1-7(2)17-11(14-6-15-17)16-10(18)8-3-9(12)5-13-4-8/h3-7H,1-2H3,(H,14,15,16,18). The van der Waals surface area contributed by atoms with Crippen LogP contribution < -0.4 is 5.32 Å². The molecule has 0 aliphatic rings. The molecule has 0 radical (unpaired) electrons. The molecular formula is C11H12FN5O. The molecule has 0 saturated heterocycles. The normalized spacial score (nSPS) is 10.7. The number of pyridine rings is 1. The molecule has 6 nitrogen and oxygen atoms in total. The molecule has 0 fully saturated rings. The summed E-state index contributed by atoms with van der Waals surface area (Å²) < 4.78 is 14.5. The predicted molar refractivity (Wildman–Crippen MR) is 62.6 cm³/mol. The number of halogens is 1. The third-order valence-electron chi connectivity index (χ3n) is 2.25. The predicted octanol–water partition coefficient (Wildman–Crippen LogP) is 1.65. The largest absolute Gasteiger partial charge is 0.291 e. The van der Waals surface area contributed by atoms with Crippen LogP contribution in [0.25, 0.3) is 0 Å². The summed E-state index contributed by atoms with van der Waals surface area (Å²) in [4.78, 5) is 19.4. The molecule has 2 aromatic rings. The fraction of sp³-hybridized carbons (Fsp3) is 0.273. The molecule has 0 aliphatic heterocycles. The van der Waals surface area contributed by atoms with E-state index < -0.39 is 11.7 Å². The molecule has 94 valence electrons. The van der Waals surface area contributed by atoms with Gasteiger partial charge in [0.15, 0.2) is 0 Å². The van der Waals surface area contributed by atoms with E-state index in [4.69, 9.17) is 0 Å². The first-order chi connectivity index (χ1) is 8.58. The van der Waals surface area contributed by atoms with E-state index in [1.807, 2.05) is 13.8 Å². The maximum atomic E-state index is 12.9. The Morgan fingerprint density at radius 2 is 2.22 bits per heavy atom. The lowest BCUT2D eigenvalue weighted by atomic mass is 10.2. The van der Waals surface area contributed by atoms with Crippen molar-refractivity contribution >= 4 is 11.9 Å². The van der Waals surface area contributed by atoms with Crippen molar-refractivity contribution < 1.29 is 9.18 Å². The lowest BCUT2D eigenvalue weighted by Crippen LogP contribution is -2.17. The van der Waals surface area contributed by atoms with Gasteiger partial charge in [-0.1, -0.05) is 0 Å². The maximum Gasteiger partial charge on any atom is 0.259 e. The zero-order valence-corrected chi connectivity index (χ0v) is 9.96. The SMILES string of the molecule is CC(C)n1ncnc1NC(=O)c1cncc(F)c1. The Balaban J connectivity index is 2.19. The van der Waals surface area contributed by atoms with Crippen molar-refractivity contribution in [2.75, 3.05) is 5.32 Å². The average molecular weight is 249 g/mol. The van der Waals surface area contributed by atoms with Gasteiger partial charge in [0.2, 0.25) is 5.95 Å². The zero-order chi connectivity index (χ0) is 13.1. The molecule has 1 amide bonds. The van der Waals surface area contributed by atoms with Gasteiger partial charge >= 0.3 is 0 Å². The number of rotatable bonds is 3. The molecule has 7 heteroatoms. The van der Waals surface area contributed by atoms with Crippen molar-refractivity contribution in [3.63, 3.8) is 0 Å². The topological polar surface area (TPSA) is 72.7 Å². The first-order valence-corrected chi connectivity index (χ1v) is 5.39. The number of carbonyl (C=O) groups excluding carboxylic acids is 1. The Morgan fingerprint density at radius 1 is 1.44 bits per heavy atom. The van der Waals surface area contributed by atoms with Gasteiger partial charge in [-0.25, -0.2) is 9.07 Å². The molecule has 18 heavy (non-hydrogen) atoms. The van der Waals surface area contributed by atoms with Crippen LogP contribution in [0.5, 0.6) is 0 Å². The lowest BCUT2D eigenvalue weighted by Gasteiger charge is -2.09. The van der Waals surface area contributed by atoms with E-state index >= 15 is 0 Å². The van der Waals surface area contributed by atoms with E-state index in [0.717, 1.165) is 12.3 Å². The Kier molecular flexibility index (Phi) is 3.31. The van der Waals surface area contributed by atoms with Gasteiger partial charge < -0.3 is 0 Å². The third kappa shape index (κ3) is 2.50. The number of carbonyl (C=O) groups is 1. The minimum absolute atomic E-state index is 0.0634. The molecular weight excluding hydrogens is 237 g/mol. The fourth-order valence-electron chi connectivity index (χ4n) is 1.43. The van der Waals surface area contributed by atoms with E-state index in [1.54, 1.807) is 4.68 Å². The van der Waals surface area contributed by atoms with Crippen LogP contribution in [0.1, 0.15) is 30.2 Å². The van der Waals surface area contributed by atoms with Crippen LogP contribution in [0.2, 0.25) is 0 Å². The fourth-order valence-corrected chi connectivity index (χ4v) is 1.43. The first-order valence-electron chi connectivity index (χ1n) is 5.39. The summed E-state index contributed by atoms with van der Waals surface area (Å²) >= 11 is 0. The minimum atomic E-state index is -0.562. The lowest BCUT2D eigenvalue weighted by molar-refractivity contribution is 0.102. The van der Waals surface area contributed by atoms with Crippen molar-refractivity contribution in [3.8, 4) is 0 Å². The monoisotopic (exact) mass is 249 g/mol. The van der Waals surface area contributed by atoms with Crippen LogP contribution in [0.4, 0.5) is 10.3 Å². The molecule has 2 aromatic heterocycles. The van der Waals surface area contributed by atoms with Gasteiger partial charge in [0, 0.05) is 6.20 Å². The van der Waals surface area contributed by atoms with Gasteiger partial charge in [-0.3, -0.25) is 15.1 Å². The van der Waals surface area contributed by atoms with Crippen molar-refractivity contribution in [3.05, 3.63) is 36.2 Å². The number of anilines is 1. The Bertz CT molecular complexity index is 566. The number of nitrogens with one attached hydrogen (secondary N) is 1. The van der Waals surface area contributed by atoms with E-state index in [0.29, 0.717) is 5.95 Å². The van der Waals surface area contributed by atoms with Crippen molar-refractivity contribution in [2.45, 2.75) is 19.9 Å². The number of hydrogen-bond acceptors (Lipinski definition) is 4. The molecule has 2 heterocycles. The average Bonchev–Trinajstić information content (AvgIpc) is 2.77. The van der Waals surface area contributed by atoms with E-state index in [1.165, 1.54) is 12.5 Å². The summed E-state index contributed by atoms with van der Waals surface area (Å²) in [6, 6.07) is 1.17. The highest BCUT2D eigenvalue weighted by Crippen LogP contribution is 2.11. The van der Waals surface area contributed by atoms with E-state index in [-0.39, 0.29) is 11.6 Å². The number of nitrogens with zero attached hydrogens (tertiary/aromatic N) is 4. The van der Waals surface area contributed by atoms with Gasteiger partial charge in [-0.2, -0.15) is 10.1 Å².